The van der Waals surface area contributed by atoms with E-state index in [4.69, 9.17) is 0 Å². The summed E-state index contributed by atoms with van der Waals surface area (Å²) in [5.74, 6) is 0. The van der Waals surface area contributed by atoms with Crippen molar-refractivity contribution in [1.82, 2.24) is 0 Å². The Morgan fingerprint density at radius 3 is 1.62 bits per heavy atom. The predicted molar refractivity (Wildman–Crippen MR) is 125 cm³/mol. The summed E-state index contributed by atoms with van der Waals surface area (Å²) < 4.78 is 1.54. The normalized spacial score (nSPS) is 10.2. The lowest BCUT2D eigenvalue weighted by atomic mass is 10.1. The Kier molecular flexibility index (Phi) is 6.90. The van der Waals surface area contributed by atoms with Crippen LogP contribution in [0.25, 0.3) is 0 Å². The highest BCUT2D eigenvalue weighted by molar-refractivity contribution is 9.11. The van der Waals surface area contributed by atoms with Gasteiger partial charge in [0.1, 0.15) is 0 Å². The van der Waals surface area contributed by atoms with Crippen molar-refractivity contribution in [1.29, 1.82) is 0 Å². The molecule has 0 bridgehead atoms. The van der Waals surface area contributed by atoms with E-state index >= 15 is 0 Å². The molecule has 0 saturated heterocycles. The molecule has 0 aromatic heterocycles. The molecule has 8 heteroatoms. The Morgan fingerprint density at radius 1 is 0.621 bits per heavy atom. The van der Waals surface area contributed by atoms with Gasteiger partial charge >= 0.3 is 12.1 Å². The lowest BCUT2D eigenvalue weighted by molar-refractivity contribution is 0.261. The third-order valence-corrected chi connectivity index (χ3v) is 5.39. The quantitative estimate of drug-likeness (QED) is 0.306. The zero-order valence-electron chi connectivity index (χ0n) is 15.4. The summed E-state index contributed by atoms with van der Waals surface area (Å²) in [6, 6.07) is 19.2. The van der Waals surface area contributed by atoms with Gasteiger partial charge in [0.15, 0.2) is 0 Å². The molecule has 148 valence electrons. The van der Waals surface area contributed by atoms with Crippen LogP contribution in [0.4, 0.5) is 32.3 Å². The van der Waals surface area contributed by atoms with Crippen molar-refractivity contribution in [2.45, 2.75) is 6.92 Å². The van der Waals surface area contributed by atoms with Crippen LogP contribution in [0.3, 0.4) is 0 Å². The highest BCUT2D eigenvalue weighted by atomic mass is 79.9. The highest BCUT2D eigenvalue weighted by Crippen LogP contribution is 2.28. The fourth-order valence-corrected chi connectivity index (χ4v) is 3.37. The monoisotopic (exact) mass is 516 g/mol. The van der Waals surface area contributed by atoms with Crippen LogP contribution in [-0.4, -0.2) is 12.1 Å². The van der Waals surface area contributed by atoms with E-state index in [-0.39, 0.29) is 0 Å². The second-order valence-electron chi connectivity index (χ2n) is 6.12. The van der Waals surface area contributed by atoms with Gasteiger partial charge < -0.3 is 21.3 Å². The Labute approximate surface area is 185 Å². The number of benzene rings is 3. The van der Waals surface area contributed by atoms with Crippen LogP contribution in [0, 0.1) is 6.92 Å². The van der Waals surface area contributed by atoms with Crippen LogP contribution in [-0.2, 0) is 0 Å². The maximum Gasteiger partial charge on any atom is 0.323 e. The highest BCUT2D eigenvalue weighted by Gasteiger charge is 2.13. The van der Waals surface area contributed by atoms with Crippen LogP contribution >= 0.6 is 31.9 Å². The van der Waals surface area contributed by atoms with Crippen LogP contribution < -0.4 is 21.3 Å². The first-order chi connectivity index (χ1) is 13.9. The third kappa shape index (κ3) is 5.58. The van der Waals surface area contributed by atoms with Crippen LogP contribution in [0.15, 0.2) is 75.7 Å². The molecule has 0 aliphatic heterocycles. The molecule has 0 spiro atoms. The molecule has 4 N–H and O–H groups in total. The van der Waals surface area contributed by atoms with Gasteiger partial charge in [-0.15, -0.1) is 0 Å². The number of rotatable bonds is 4. The largest absolute Gasteiger partial charge is 0.323 e. The molecule has 3 aromatic rings. The first-order valence-electron chi connectivity index (χ1n) is 8.68. The van der Waals surface area contributed by atoms with Gasteiger partial charge in [-0.25, -0.2) is 9.59 Å². The molecular weight excluding hydrogens is 500 g/mol. The van der Waals surface area contributed by atoms with Gasteiger partial charge in [-0.2, -0.15) is 0 Å². The molecule has 0 heterocycles. The number of nitrogens with one attached hydrogen (secondary N) is 4. The van der Waals surface area contributed by atoms with Crippen molar-refractivity contribution in [2.75, 3.05) is 21.3 Å². The molecule has 0 aliphatic rings. The Hall–Kier alpha value is -2.84. The molecule has 4 amide bonds. The summed E-state index contributed by atoms with van der Waals surface area (Å²) in [5.41, 5.74) is 3.08. The fraction of sp³-hybridized carbons (Fsp3) is 0.0476. The summed E-state index contributed by atoms with van der Waals surface area (Å²) in [6.45, 7) is 1.85. The number of para-hydroxylation sites is 3. The molecular formula is C21H18Br2N4O2. The summed E-state index contributed by atoms with van der Waals surface area (Å²) in [7, 11) is 0. The summed E-state index contributed by atoms with van der Waals surface area (Å²) in [6.07, 6.45) is 0. The second kappa shape index (κ2) is 9.58. The number of halogens is 2. The summed E-state index contributed by atoms with van der Waals surface area (Å²) in [4.78, 5) is 24.9. The number of anilines is 4. The number of amides is 4. The molecule has 0 atom stereocenters. The van der Waals surface area contributed by atoms with E-state index in [0.717, 1.165) is 14.5 Å². The zero-order chi connectivity index (χ0) is 20.8. The van der Waals surface area contributed by atoms with E-state index in [0.29, 0.717) is 22.7 Å². The average Bonchev–Trinajstić information content (AvgIpc) is 2.68. The van der Waals surface area contributed by atoms with Crippen molar-refractivity contribution in [2.24, 2.45) is 0 Å². The van der Waals surface area contributed by atoms with Crippen molar-refractivity contribution < 1.29 is 9.59 Å². The predicted octanol–water partition coefficient (Wildman–Crippen LogP) is 6.81. The molecule has 3 rings (SSSR count). The Morgan fingerprint density at radius 2 is 1.07 bits per heavy atom. The molecule has 0 radical (unpaired) electrons. The number of carbonyl (C=O) groups is 2. The SMILES string of the molecule is Cc1cccc(NC(=O)Nc2ccccc2Br)c1NC(=O)Nc1ccccc1Br. The number of hydrogen-bond donors (Lipinski definition) is 4. The van der Waals surface area contributed by atoms with E-state index in [1.54, 1.807) is 24.3 Å². The van der Waals surface area contributed by atoms with Gasteiger partial charge in [-0.05, 0) is 74.7 Å². The van der Waals surface area contributed by atoms with Crippen molar-refractivity contribution in [3.63, 3.8) is 0 Å². The van der Waals surface area contributed by atoms with Gasteiger partial charge in [-0.1, -0.05) is 36.4 Å². The van der Waals surface area contributed by atoms with Crippen LogP contribution in [0.1, 0.15) is 5.56 Å². The number of urea groups is 2. The van der Waals surface area contributed by atoms with Crippen LogP contribution in [0.5, 0.6) is 0 Å². The first-order valence-corrected chi connectivity index (χ1v) is 10.3. The minimum Gasteiger partial charge on any atom is -0.307 e. The summed E-state index contributed by atoms with van der Waals surface area (Å²) >= 11 is 6.79. The minimum absolute atomic E-state index is 0.416. The molecule has 0 aliphatic carbocycles. The van der Waals surface area contributed by atoms with Crippen molar-refractivity contribution >= 4 is 66.7 Å². The van der Waals surface area contributed by atoms with E-state index in [9.17, 15) is 9.59 Å². The molecule has 0 saturated carbocycles. The van der Waals surface area contributed by atoms with E-state index in [1.165, 1.54) is 0 Å². The molecule has 6 nitrogen and oxygen atoms in total. The number of hydrogen-bond acceptors (Lipinski definition) is 2. The van der Waals surface area contributed by atoms with E-state index < -0.39 is 12.1 Å². The average molecular weight is 518 g/mol. The maximum absolute atomic E-state index is 12.5. The lowest BCUT2D eigenvalue weighted by Gasteiger charge is -2.16. The lowest BCUT2D eigenvalue weighted by Crippen LogP contribution is -2.24. The van der Waals surface area contributed by atoms with Gasteiger partial charge in [-0.3, -0.25) is 0 Å². The second-order valence-corrected chi connectivity index (χ2v) is 7.82. The van der Waals surface area contributed by atoms with E-state index in [1.807, 2.05) is 49.4 Å². The van der Waals surface area contributed by atoms with Gasteiger partial charge in [0.2, 0.25) is 0 Å². The standard InChI is InChI=1S/C21H18Br2N4O2/c1-13-7-6-12-18(26-20(28)24-16-10-4-2-8-14(16)22)19(13)27-21(29)25-17-11-5-3-9-15(17)23/h2-12H,1H3,(H2,24,26,28)(H2,25,27,29). The molecule has 0 unspecified atom stereocenters. The number of carbonyl (C=O) groups excluding carboxylic acids is 2. The third-order valence-electron chi connectivity index (χ3n) is 4.00. The Bertz CT molecular complexity index is 1060. The van der Waals surface area contributed by atoms with Crippen LogP contribution in [0.2, 0.25) is 0 Å². The Balaban J connectivity index is 1.73. The van der Waals surface area contributed by atoms with Gasteiger partial charge in [0.05, 0.1) is 22.7 Å². The first kappa shape index (κ1) is 20.9. The molecule has 29 heavy (non-hydrogen) atoms. The minimum atomic E-state index is -0.420. The smallest absolute Gasteiger partial charge is 0.307 e. The fourth-order valence-electron chi connectivity index (χ4n) is 2.61. The van der Waals surface area contributed by atoms with E-state index in [2.05, 4.69) is 53.1 Å². The molecule has 0 fully saturated rings. The maximum atomic E-state index is 12.5. The number of aryl methyl sites for hydroxylation is 1. The van der Waals surface area contributed by atoms with Crippen molar-refractivity contribution in [3.8, 4) is 0 Å². The zero-order valence-corrected chi connectivity index (χ0v) is 18.6. The van der Waals surface area contributed by atoms with Crippen molar-refractivity contribution in [3.05, 3.63) is 81.2 Å². The van der Waals surface area contributed by atoms with Gasteiger partial charge in [0, 0.05) is 8.95 Å². The topological polar surface area (TPSA) is 82.3 Å². The van der Waals surface area contributed by atoms with Gasteiger partial charge in [0.25, 0.3) is 0 Å². The molecule has 3 aromatic carbocycles. The summed E-state index contributed by atoms with van der Waals surface area (Å²) in [5, 5.41) is 11.2.